The molecule has 1 aromatic carbocycles. The molecule has 68 valence electrons. The molecular weight excluding hydrogens is 148 g/mol. The molecule has 1 nitrogen and oxygen atoms in total. The highest BCUT2D eigenvalue weighted by molar-refractivity contribution is 5.23. The number of aliphatic hydroxyl groups excluding tert-OH is 1. The van der Waals surface area contributed by atoms with Gasteiger partial charge in [-0.1, -0.05) is 45.5 Å². The van der Waals surface area contributed by atoms with Gasteiger partial charge in [-0.3, -0.25) is 0 Å². The molecule has 0 bridgehead atoms. The van der Waals surface area contributed by atoms with E-state index in [1.54, 1.807) is 0 Å². The van der Waals surface area contributed by atoms with Crippen molar-refractivity contribution in [3.63, 3.8) is 0 Å². The van der Waals surface area contributed by atoms with E-state index in [1.165, 1.54) is 5.56 Å². The fourth-order valence-corrected chi connectivity index (χ4v) is 1.01. The molecule has 0 saturated heterocycles. The third-order valence-corrected chi connectivity index (χ3v) is 1.83. The van der Waals surface area contributed by atoms with E-state index >= 15 is 0 Å². The van der Waals surface area contributed by atoms with E-state index in [4.69, 9.17) is 5.11 Å². The van der Waals surface area contributed by atoms with E-state index in [-0.39, 0.29) is 14.0 Å². The summed E-state index contributed by atoms with van der Waals surface area (Å²) in [5.41, 5.74) is 2.30. The zero-order chi connectivity index (χ0) is 8.27. The van der Waals surface area contributed by atoms with Crippen molar-refractivity contribution in [1.29, 1.82) is 0 Å². The fraction of sp³-hybridized carbons (Fsp3) is 0.455. The lowest BCUT2D eigenvalue weighted by Crippen LogP contribution is -1.88. The second kappa shape index (κ2) is 4.94. The molecule has 1 rings (SSSR count). The summed E-state index contributed by atoms with van der Waals surface area (Å²) in [6, 6.07) is 8.07. The Balaban J connectivity index is 0.00000121. The van der Waals surface area contributed by atoms with Gasteiger partial charge in [-0.15, -0.1) is 0 Å². The first-order chi connectivity index (χ1) is 5.24. The molecule has 0 saturated carbocycles. The minimum atomic E-state index is 0. The predicted octanol–water partition coefficient (Wildman–Crippen LogP) is 2.94. The molecular formula is C11H18O. The van der Waals surface area contributed by atoms with Gasteiger partial charge in [-0.25, -0.2) is 0 Å². The normalized spacial score (nSPS) is 9.67. The number of hydrogen-bond donors (Lipinski definition) is 1. The molecule has 0 amide bonds. The lowest BCUT2D eigenvalue weighted by atomic mass is 10.0. The zero-order valence-corrected chi connectivity index (χ0v) is 7.04. The molecule has 0 radical (unpaired) electrons. The molecule has 0 aliphatic rings. The average Bonchev–Trinajstić information content (AvgIpc) is 2.05. The minimum absolute atomic E-state index is 0. The molecule has 0 heterocycles. The Morgan fingerprint density at radius 3 is 2.00 bits per heavy atom. The van der Waals surface area contributed by atoms with E-state index in [0.717, 1.165) is 5.56 Å². The molecule has 0 aliphatic carbocycles. The molecule has 12 heavy (non-hydrogen) atoms. The Hall–Kier alpha value is -0.820. The molecule has 0 unspecified atom stereocenters. The third-order valence-electron chi connectivity index (χ3n) is 1.83. The Morgan fingerprint density at radius 2 is 1.67 bits per heavy atom. The summed E-state index contributed by atoms with van der Waals surface area (Å²) >= 11 is 0. The van der Waals surface area contributed by atoms with Gasteiger partial charge >= 0.3 is 0 Å². The smallest absolute Gasteiger partial charge is 0.0681 e. The second-order valence-electron chi connectivity index (χ2n) is 3.05. The Labute approximate surface area is 75.1 Å². The van der Waals surface area contributed by atoms with Crippen LogP contribution in [-0.4, -0.2) is 5.11 Å². The van der Waals surface area contributed by atoms with Crippen molar-refractivity contribution < 1.29 is 5.11 Å². The molecule has 0 spiro atoms. The predicted molar refractivity (Wildman–Crippen MR) is 53.2 cm³/mol. The van der Waals surface area contributed by atoms with Crippen molar-refractivity contribution in [3.05, 3.63) is 35.4 Å². The van der Waals surface area contributed by atoms with Crippen LogP contribution in [0.2, 0.25) is 0 Å². The summed E-state index contributed by atoms with van der Waals surface area (Å²) < 4.78 is 0. The lowest BCUT2D eigenvalue weighted by molar-refractivity contribution is 0.282. The zero-order valence-electron chi connectivity index (χ0n) is 7.04. The molecule has 0 fully saturated rings. The first kappa shape index (κ1) is 11.2. The maximum atomic E-state index is 8.77. The van der Waals surface area contributed by atoms with Crippen LogP contribution in [0.15, 0.2) is 24.3 Å². The van der Waals surface area contributed by atoms with Gasteiger partial charge in [0.2, 0.25) is 0 Å². The lowest BCUT2D eigenvalue weighted by Gasteiger charge is -2.04. The highest BCUT2D eigenvalue weighted by Gasteiger charge is 1.97. The number of aliphatic hydroxyl groups is 1. The standard InChI is InChI=1S/C10H14O.CH4/c1-8(2)10-5-3-9(7-11)4-6-10;/h3-6,8,11H,7H2,1-2H3;1H4. The van der Waals surface area contributed by atoms with Crippen molar-refractivity contribution in [1.82, 2.24) is 0 Å². The summed E-state index contributed by atoms with van der Waals surface area (Å²) in [6.45, 7) is 4.46. The fourth-order valence-electron chi connectivity index (χ4n) is 1.01. The number of rotatable bonds is 2. The summed E-state index contributed by atoms with van der Waals surface area (Å²) in [5.74, 6) is 0.572. The van der Waals surface area contributed by atoms with Gasteiger partial charge in [-0.05, 0) is 17.0 Å². The van der Waals surface area contributed by atoms with E-state index in [2.05, 4.69) is 26.0 Å². The first-order valence-corrected chi connectivity index (χ1v) is 3.93. The van der Waals surface area contributed by atoms with Crippen molar-refractivity contribution in [2.75, 3.05) is 0 Å². The Morgan fingerprint density at radius 1 is 1.17 bits per heavy atom. The van der Waals surface area contributed by atoms with Gasteiger partial charge in [0.25, 0.3) is 0 Å². The largest absolute Gasteiger partial charge is 0.392 e. The summed E-state index contributed by atoms with van der Waals surface area (Å²) in [7, 11) is 0. The van der Waals surface area contributed by atoms with E-state index in [0.29, 0.717) is 5.92 Å². The summed E-state index contributed by atoms with van der Waals surface area (Å²) in [5, 5.41) is 8.77. The highest BCUT2D eigenvalue weighted by Crippen LogP contribution is 2.14. The van der Waals surface area contributed by atoms with Crippen molar-refractivity contribution in [2.24, 2.45) is 0 Å². The Bertz CT molecular complexity index is 211. The SMILES string of the molecule is C.CC(C)c1ccc(CO)cc1. The van der Waals surface area contributed by atoms with Gasteiger partial charge in [0.1, 0.15) is 0 Å². The van der Waals surface area contributed by atoms with E-state index in [1.807, 2.05) is 12.1 Å². The first-order valence-electron chi connectivity index (χ1n) is 3.93. The van der Waals surface area contributed by atoms with Crippen molar-refractivity contribution >= 4 is 0 Å². The van der Waals surface area contributed by atoms with Crippen LogP contribution in [0.5, 0.6) is 0 Å². The molecule has 1 aromatic rings. The van der Waals surface area contributed by atoms with Gasteiger partial charge in [0, 0.05) is 0 Å². The van der Waals surface area contributed by atoms with Gasteiger partial charge in [-0.2, -0.15) is 0 Å². The second-order valence-corrected chi connectivity index (χ2v) is 3.05. The number of benzene rings is 1. The van der Waals surface area contributed by atoms with Crippen LogP contribution in [-0.2, 0) is 6.61 Å². The molecule has 1 heteroatoms. The average molecular weight is 166 g/mol. The highest BCUT2D eigenvalue weighted by atomic mass is 16.3. The van der Waals surface area contributed by atoms with Crippen molar-refractivity contribution in [2.45, 2.75) is 33.8 Å². The van der Waals surface area contributed by atoms with Gasteiger partial charge < -0.3 is 5.11 Å². The van der Waals surface area contributed by atoms with Crippen LogP contribution in [0.4, 0.5) is 0 Å². The quantitative estimate of drug-likeness (QED) is 0.716. The maximum absolute atomic E-state index is 8.77. The van der Waals surface area contributed by atoms with Crippen LogP contribution in [0.25, 0.3) is 0 Å². The van der Waals surface area contributed by atoms with Gasteiger partial charge in [0.05, 0.1) is 6.61 Å². The molecule has 0 atom stereocenters. The third kappa shape index (κ3) is 2.67. The monoisotopic (exact) mass is 166 g/mol. The molecule has 0 aliphatic heterocycles. The van der Waals surface area contributed by atoms with Crippen LogP contribution >= 0.6 is 0 Å². The van der Waals surface area contributed by atoms with Crippen LogP contribution in [0.1, 0.15) is 38.3 Å². The summed E-state index contributed by atoms with van der Waals surface area (Å²) in [4.78, 5) is 0. The van der Waals surface area contributed by atoms with E-state index in [9.17, 15) is 0 Å². The minimum Gasteiger partial charge on any atom is -0.392 e. The maximum Gasteiger partial charge on any atom is 0.0681 e. The molecule has 0 aromatic heterocycles. The summed E-state index contributed by atoms with van der Waals surface area (Å²) in [6.07, 6.45) is 0. The Kier molecular flexibility index (Phi) is 4.60. The van der Waals surface area contributed by atoms with E-state index < -0.39 is 0 Å². The van der Waals surface area contributed by atoms with Crippen LogP contribution < -0.4 is 0 Å². The van der Waals surface area contributed by atoms with Crippen molar-refractivity contribution in [3.8, 4) is 0 Å². The van der Waals surface area contributed by atoms with Gasteiger partial charge in [0.15, 0.2) is 0 Å². The number of hydrogen-bond acceptors (Lipinski definition) is 1. The van der Waals surface area contributed by atoms with Crippen LogP contribution in [0.3, 0.4) is 0 Å². The van der Waals surface area contributed by atoms with Crippen LogP contribution in [0, 0.1) is 0 Å². The topological polar surface area (TPSA) is 20.2 Å². The molecule has 1 N–H and O–H groups in total.